The van der Waals surface area contributed by atoms with Gasteiger partial charge in [-0.1, -0.05) is 27.7 Å². The summed E-state index contributed by atoms with van der Waals surface area (Å²) in [5.74, 6) is 1.53. The summed E-state index contributed by atoms with van der Waals surface area (Å²) in [5.41, 5.74) is 0. The second-order valence-corrected chi connectivity index (χ2v) is 5.35. The summed E-state index contributed by atoms with van der Waals surface area (Å²) in [4.78, 5) is 7.69. The molecule has 0 N–H and O–H groups in total. The summed E-state index contributed by atoms with van der Waals surface area (Å²) in [5, 5.41) is 0. The smallest absolute Gasteiger partial charge is 0.0110 e. The zero-order valence-corrected chi connectivity index (χ0v) is 12.2. The van der Waals surface area contributed by atoms with Crippen molar-refractivity contribution in [1.82, 2.24) is 14.7 Å². The Bertz CT molecular complexity index is 182. The molecule has 1 rings (SSSR count). The van der Waals surface area contributed by atoms with E-state index in [1.165, 1.54) is 64.8 Å². The zero-order valence-electron chi connectivity index (χ0n) is 12.2. The first-order chi connectivity index (χ1) is 8.15. The summed E-state index contributed by atoms with van der Waals surface area (Å²) >= 11 is 0. The molecule has 101 valence electrons. The molecule has 0 amide bonds. The van der Waals surface area contributed by atoms with E-state index in [4.69, 9.17) is 0 Å². The highest BCUT2D eigenvalue weighted by Crippen LogP contribution is 2.06. The van der Waals surface area contributed by atoms with Crippen LogP contribution in [-0.4, -0.2) is 73.6 Å². The van der Waals surface area contributed by atoms with Gasteiger partial charge in [-0.2, -0.15) is 0 Å². The molecule has 0 bridgehead atoms. The Balaban J connectivity index is 2.14. The van der Waals surface area contributed by atoms with E-state index in [1.54, 1.807) is 0 Å². The Labute approximate surface area is 108 Å². The lowest BCUT2D eigenvalue weighted by Crippen LogP contribution is -2.49. The minimum atomic E-state index is 1.18. The first-order valence-electron chi connectivity index (χ1n) is 7.11. The van der Waals surface area contributed by atoms with Crippen LogP contribution in [0.2, 0.25) is 0 Å². The molecular formula is C14H30N3. The fourth-order valence-corrected chi connectivity index (χ4v) is 2.44. The van der Waals surface area contributed by atoms with Gasteiger partial charge in [-0.05, 0) is 19.0 Å². The summed E-state index contributed by atoms with van der Waals surface area (Å²) in [6, 6.07) is 0. The minimum absolute atomic E-state index is 1.18. The molecule has 0 aromatic carbocycles. The minimum Gasteiger partial charge on any atom is -0.303 e. The van der Waals surface area contributed by atoms with E-state index in [-0.39, 0.29) is 0 Å². The molecule has 3 heteroatoms. The zero-order chi connectivity index (χ0) is 12.7. The molecule has 1 aliphatic heterocycles. The Morgan fingerprint density at radius 3 is 1.94 bits per heavy atom. The van der Waals surface area contributed by atoms with Crippen molar-refractivity contribution in [3.8, 4) is 0 Å². The van der Waals surface area contributed by atoms with Gasteiger partial charge in [-0.25, -0.2) is 0 Å². The van der Waals surface area contributed by atoms with E-state index in [1.807, 2.05) is 0 Å². The Morgan fingerprint density at radius 1 is 0.941 bits per heavy atom. The molecule has 0 aromatic rings. The average molecular weight is 240 g/mol. The Hall–Kier alpha value is -0.120. The van der Waals surface area contributed by atoms with Crippen molar-refractivity contribution in [2.24, 2.45) is 0 Å². The van der Waals surface area contributed by atoms with Gasteiger partial charge in [0.05, 0.1) is 0 Å². The molecule has 0 atom stereocenters. The summed E-state index contributed by atoms with van der Waals surface area (Å²) in [7, 11) is 0. The first kappa shape index (κ1) is 14.9. The summed E-state index contributed by atoms with van der Waals surface area (Å²) in [6.07, 6.45) is 0. The van der Waals surface area contributed by atoms with Gasteiger partial charge in [-0.15, -0.1) is 0 Å². The van der Waals surface area contributed by atoms with Crippen molar-refractivity contribution in [2.45, 2.75) is 27.7 Å². The average Bonchev–Trinajstić information content (AvgIpc) is 2.32. The maximum Gasteiger partial charge on any atom is 0.0110 e. The largest absolute Gasteiger partial charge is 0.303 e. The lowest BCUT2D eigenvalue weighted by atomic mass is 10.2. The topological polar surface area (TPSA) is 9.72 Å². The van der Waals surface area contributed by atoms with E-state index >= 15 is 0 Å². The SMILES string of the molecule is CCN(CC)CCN1CCN(C[C](C)C)CC1. The third-order valence-corrected chi connectivity index (χ3v) is 3.63. The van der Waals surface area contributed by atoms with Gasteiger partial charge >= 0.3 is 0 Å². The third kappa shape index (κ3) is 5.84. The van der Waals surface area contributed by atoms with E-state index in [2.05, 4.69) is 42.4 Å². The van der Waals surface area contributed by atoms with Gasteiger partial charge in [0.25, 0.3) is 0 Å². The van der Waals surface area contributed by atoms with Gasteiger partial charge in [0.15, 0.2) is 0 Å². The van der Waals surface area contributed by atoms with Crippen LogP contribution in [0.1, 0.15) is 27.7 Å². The fraction of sp³-hybridized carbons (Fsp3) is 0.929. The predicted molar refractivity (Wildman–Crippen MR) is 75.3 cm³/mol. The number of likely N-dealkylation sites (N-methyl/N-ethyl adjacent to an activating group) is 1. The predicted octanol–water partition coefficient (Wildman–Crippen LogP) is 1.56. The molecule has 0 saturated carbocycles. The van der Waals surface area contributed by atoms with Crippen LogP contribution >= 0.6 is 0 Å². The molecule has 0 aliphatic carbocycles. The van der Waals surface area contributed by atoms with Crippen molar-refractivity contribution in [2.75, 3.05) is 58.9 Å². The van der Waals surface area contributed by atoms with Crippen molar-refractivity contribution in [1.29, 1.82) is 0 Å². The van der Waals surface area contributed by atoms with Crippen molar-refractivity contribution < 1.29 is 0 Å². The summed E-state index contributed by atoms with van der Waals surface area (Å²) < 4.78 is 0. The van der Waals surface area contributed by atoms with E-state index in [9.17, 15) is 0 Å². The van der Waals surface area contributed by atoms with Gasteiger partial charge in [0.1, 0.15) is 0 Å². The maximum atomic E-state index is 2.61. The van der Waals surface area contributed by atoms with Crippen LogP contribution in [0.5, 0.6) is 0 Å². The van der Waals surface area contributed by atoms with Crippen LogP contribution in [-0.2, 0) is 0 Å². The molecule has 0 aromatic heterocycles. The molecule has 1 saturated heterocycles. The number of piperazine rings is 1. The van der Waals surface area contributed by atoms with Crippen LogP contribution in [0.3, 0.4) is 0 Å². The van der Waals surface area contributed by atoms with Crippen LogP contribution in [0.15, 0.2) is 0 Å². The van der Waals surface area contributed by atoms with Gasteiger partial charge < -0.3 is 9.80 Å². The van der Waals surface area contributed by atoms with E-state index in [0.29, 0.717) is 0 Å². The van der Waals surface area contributed by atoms with Gasteiger partial charge in [0, 0.05) is 45.8 Å². The molecule has 1 fully saturated rings. The number of nitrogens with zero attached hydrogens (tertiary/aromatic N) is 3. The highest BCUT2D eigenvalue weighted by atomic mass is 15.3. The molecular weight excluding hydrogens is 210 g/mol. The molecule has 1 radical (unpaired) electrons. The molecule has 1 aliphatic rings. The van der Waals surface area contributed by atoms with Gasteiger partial charge in [-0.3, -0.25) is 4.90 Å². The van der Waals surface area contributed by atoms with E-state index < -0.39 is 0 Å². The van der Waals surface area contributed by atoms with Crippen molar-refractivity contribution in [3.05, 3.63) is 5.92 Å². The quantitative estimate of drug-likeness (QED) is 0.669. The molecule has 3 nitrogen and oxygen atoms in total. The number of rotatable bonds is 7. The maximum absolute atomic E-state index is 2.61. The van der Waals surface area contributed by atoms with Crippen molar-refractivity contribution in [3.63, 3.8) is 0 Å². The monoisotopic (exact) mass is 240 g/mol. The second-order valence-electron chi connectivity index (χ2n) is 5.35. The summed E-state index contributed by atoms with van der Waals surface area (Å²) in [6.45, 7) is 19.9. The number of hydrogen-bond acceptors (Lipinski definition) is 3. The molecule has 0 unspecified atom stereocenters. The third-order valence-electron chi connectivity index (χ3n) is 3.63. The number of hydrogen-bond donors (Lipinski definition) is 0. The highest BCUT2D eigenvalue weighted by Gasteiger charge is 2.17. The standard InChI is InChI=1S/C14H30N3/c1-5-15(6-2)7-8-16-9-11-17(12-10-16)13-14(3)4/h5-13H2,1-4H3. The van der Waals surface area contributed by atoms with Crippen molar-refractivity contribution >= 4 is 0 Å². The first-order valence-corrected chi connectivity index (χ1v) is 7.11. The van der Waals surface area contributed by atoms with E-state index in [0.717, 1.165) is 0 Å². The molecule has 0 spiro atoms. The van der Waals surface area contributed by atoms with Gasteiger partial charge in [0.2, 0.25) is 0 Å². The highest BCUT2D eigenvalue weighted by molar-refractivity contribution is 4.84. The lowest BCUT2D eigenvalue weighted by Gasteiger charge is -2.36. The van der Waals surface area contributed by atoms with Crippen LogP contribution in [0.25, 0.3) is 0 Å². The Morgan fingerprint density at radius 2 is 1.47 bits per heavy atom. The lowest BCUT2D eigenvalue weighted by molar-refractivity contribution is 0.123. The fourth-order valence-electron chi connectivity index (χ4n) is 2.44. The van der Waals surface area contributed by atoms with Crippen LogP contribution in [0, 0.1) is 5.92 Å². The van der Waals surface area contributed by atoms with Crippen LogP contribution < -0.4 is 0 Å². The molecule has 17 heavy (non-hydrogen) atoms. The Kier molecular flexibility index (Phi) is 7.09. The van der Waals surface area contributed by atoms with Crippen LogP contribution in [0.4, 0.5) is 0 Å². The normalized spacial score (nSPS) is 19.4. The second kappa shape index (κ2) is 8.06. The molecule has 1 heterocycles.